The predicted molar refractivity (Wildman–Crippen MR) is 107 cm³/mol. The zero-order valence-electron chi connectivity index (χ0n) is 15.5. The van der Waals surface area contributed by atoms with Crippen LogP contribution in [0.25, 0.3) is 0 Å². The third kappa shape index (κ3) is 3.81. The standard InChI is InChI=1S/C20H21ClN4O3/c1-13-11-24(6-7-28-13)20(27)15-8-17-19(22-9-15)23-10-18(26)25(17)12-14-2-4-16(21)5-3-14/h2-5,8-9,13H,6-7,10-12H2,1H3,(H,22,23). The van der Waals surface area contributed by atoms with E-state index in [1.54, 1.807) is 34.2 Å². The Morgan fingerprint density at radius 1 is 1.36 bits per heavy atom. The quantitative estimate of drug-likeness (QED) is 0.857. The zero-order chi connectivity index (χ0) is 19.7. The third-order valence-electron chi connectivity index (χ3n) is 4.90. The highest BCUT2D eigenvalue weighted by Crippen LogP contribution is 2.30. The maximum atomic E-state index is 12.9. The van der Waals surface area contributed by atoms with Crippen LogP contribution < -0.4 is 10.2 Å². The molecule has 0 bridgehead atoms. The second kappa shape index (κ2) is 7.77. The summed E-state index contributed by atoms with van der Waals surface area (Å²) in [6, 6.07) is 9.10. The number of nitrogens with zero attached hydrogens (tertiary/aromatic N) is 3. The number of fused-ring (bicyclic) bond motifs is 1. The minimum atomic E-state index is -0.102. The maximum Gasteiger partial charge on any atom is 0.255 e. The van der Waals surface area contributed by atoms with Gasteiger partial charge in [-0.2, -0.15) is 0 Å². The summed E-state index contributed by atoms with van der Waals surface area (Å²) >= 11 is 5.95. The molecule has 1 aromatic heterocycles. The van der Waals surface area contributed by atoms with Crippen LogP contribution in [-0.4, -0.2) is 54.0 Å². The largest absolute Gasteiger partial charge is 0.375 e. The van der Waals surface area contributed by atoms with Crippen LogP contribution in [0.5, 0.6) is 0 Å². The van der Waals surface area contributed by atoms with Crippen molar-refractivity contribution in [1.82, 2.24) is 9.88 Å². The molecule has 2 aliphatic rings. The van der Waals surface area contributed by atoms with E-state index >= 15 is 0 Å². The van der Waals surface area contributed by atoms with Crippen molar-refractivity contribution in [2.24, 2.45) is 0 Å². The molecule has 7 nitrogen and oxygen atoms in total. The molecular formula is C20H21ClN4O3. The average molecular weight is 401 g/mol. The monoisotopic (exact) mass is 400 g/mol. The molecule has 1 N–H and O–H groups in total. The van der Waals surface area contributed by atoms with Gasteiger partial charge in [-0.05, 0) is 30.7 Å². The topological polar surface area (TPSA) is 74.8 Å². The molecule has 1 atom stereocenters. The first-order valence-electron chi connectivity index (χ1n) is 9.21. The summed E-state index contributed by atoms with van der Waals surface area (Å²) in [5, 5.41) is 3.67. The lowest BCUT2D eigenvalue weighted by molar-refractivity contribution is -0.117. The molecule has 0 aliphatic carbocycles. The molecule has 2 aliphatic heterocycles. The summed E-state index contributed by atoms with van der Waals surface area (Å²) in [6.45, 7) is 4.11. The van der Waals surface area contributed by atoms with Crippen LogP contribution in [0, 0.1) is 0 Å². The van der Waals surface area contributed by atoms with Gasteiger partial charge in [0.15, 0.2) is 5.82 Å². The first-order chi connectivity index (χ1) is 13.5. The third-order valence-corrected chi connectivity index (χ3v) is 5.15. The lowest BCUT2D eigenvalue weighted by Crippen LogP contribution is -2.45. The summed E-state index contributed by atoms with van der Waals surface area (Å²) < 4.78 is 5.51. The Morgan fingerprint density at radius 3 is 2.89 bits per heavy atom. The van der Waals surface area contributed by atoms with Crippen LogP contribution in [0.15, 0.2) is 36.5 Å². The Bertz CT molecular complexity index is 903. The fourth-order valence-corrected chi connectivity index (χ4v) is 3.56. The summed E-state index contributed by atoms with van der Waals surface area (Å²) in [5.41, 5.74) is 2.02. The van der Waals surface area contributed by atoms with Gasteiger partial charge in [-0.1, -0.05) is 23.7 Å². The van der Waals surface area contributed by atoms with E-state index in [0.29, 0.717) is 48.3 Å². The van der Waals surface area contributed by atoms with Gasteiger partial charge in [-0.25, -0.2) is 4.98 Å². The van der Waals surface area contributed by atoms with Crippen LogP contribution in [-0.2, 0) is 16.1 Å². The molecule has 2 aromatic rings. The fraction of sp³-hybridized carbons (Fsp3) is 0.350. The molecule has 1 unspecified atom stereocenters. The minimum absolute atomic E-state index is 0.00735. The number of rotatable bonds is 3. The van der Waals surface area contributed by atoms with Crippen molar-refractivity contribution in [3.63, 3.8) is 0 Å². The Kier molecular flexibility index (Phi) is 5.19. The summed E-state index contributed by atoms with van der Waals surface area (Å²) in [5.74, 6) is 0.421. The van der Waals surface area contributed by atoms with Gasteiger partial charge < -0.3 is 19.9 Å². The van der Waals surface area contributed by atoms with E-state index in [0.717, 1.165) is 5.56 Å². The summed E-state index contributed by atoms with van der Waals surface area (Å²) in [4.78, 5) is 33.3. The van der Waals surface area contributed by atoms with E-state index in [2.05, 4.69) is 10.3 Å². The average Bonchev–Trinajstić information content (AvgIpc) is 2.71. The molecule has 2 amide bonds. The van der Waals surface area contributed by atoms with Crippen molar-refractivity contribution in [3.8, 4) is 0 Å². The summed E-state index contributed by atoms with van der Waals surface area (Å²) in [6.07, 6.45) is 1.57. The number of aromatic nitrogens is 1. The molecule has 0 radical (unpaired) electrons. The number of anilines is 2. The number of hydrogen-bond donors (Lipinski definition) is 1. The molecular weight excluding hydrogens is 380 g/mol. The van der Waals surface area contributed by atoms with Crippen LogP contribution in [0.1, 0.15) is 22.8 Å². The van der Waals surface area contributed by atoms with Crippen molar-refractivity contribution in [2.75, 3.05) is 36.5 Å². The number of nitrogens with one attached hydrogen (secondary N) is 1. The van der Waals surface area contributed by atoms with E-state index in [1.165, 1.54) is 0 Å². The normalized spacial score (nSPS) is 19.2. The Hall–Kier alpha value is -2.64. The smallest absolute Gasteiger partial charge is 0.255 e. The number of benzene rings is 1. The van der Waals surface area contributed by atoms with E-state index in [4.69, 9.17) is 16.3 Å². The molecule has 0 saturated carbocycles. The minimum Gasteiger partial charge on any atom is -0.375 e. The van der Waals surface area contributed by atoms with E-state index in [1.807, 2.05) is 19.1 Å². The number of halogens is 1. The Labute approximate surface area is 168 Å². The predicted octanol–water partition coefficient (Wildman–Crippen LogP) is 2.55. The van der Waals surface area contributed by atoms with E-state index in [9.17, 15) is 9.59 Å². The van der Waals surface area contributed by atoms with Gasteiger partial charge >= 0.3 is 0 Å². The number of amides is 2. The first kappa shape index (κ1) is 18.7. The lowest BCUT2D eigenvalue weighted by Gasteiger charge is -2.32. The van der Waals surface area contributed by atoms with Gasteiger partial charge in [0.25, 0.3) is 5.91 Å². The van der Waals surface area contributed by atoms with Crippen LogP contribution in [0.2, 0.25) is 5.02 Å². The summed E-state index contributed by atoms with van der Waals surface area (Å²) in [7, 11) is 0. The van der Waals surface area contributed by atoms with Crippen molar-refractivity contribution < 1.29 is 14.3 Å². The molecule has 4 rings (SSSR count). The van der Waals surface area contributed by atoms with Gasteiger partial charge in [0, 0.05) is 24.3 Å². The van der Waals surface area contributed by atoms with E-state index in [-0.39, 0.29) is 24.5 Å². The molecule has 28 heavy (non-hydrogen) atoms. The lowest BCUT2D eigenvalue weighted by atomic mass is 10.1. The molecule has 1 fully saturated rings. The van der Waals surface area contributed by atoms with Crippen LogP contribution in [0.4, 0.5) is 11.5 Å². The molecule has 1 aromatic carbocycles. The molecule has 146 valence electrons. The first-order valence-corrected chi connectivity index (χ1v) is 9.58. The molecule has 1 saturated heterocycles. The highest BCUT2D eigenvalue weighted by molar-refractivity contribution is 6.30. The number of ether oxygens (including phenoxy) is 1. The SMILES string of the molecule is CC1CN(C(=O)c2cnc3c(c2)N(Cc2ccc(Cl)cc2)C(=O)CN3)CCO1. The Morgan fingerprint density at radius 2 is 2.14 bits per heavy atom. The highest BCUT2D eigenvalue weighted by Gasteiger charge is 2.28. The number of carbonyl (C=O) groups is 2. The second-order valence-electron chi connectivity index (χ2n) is 6.98. The van der Waals surface area contributed by atoms with Crippen LogP contribution >= 0.6 is 11.6 Å². The fourth-order valence-electron chi connectivity index (χ4n) is 3.43. The van der Waals surface area contributed by atoms with Crippen molar-refractivity contribution >= 4 is 34.9 Å². The number of hydrogen-bond acceptors (Lipinski definition) is 5. The van der Waals surface area contributed by atoms with Gasteiger partial charge in [0.1, 0.15) is 0 Å². The van der Waals surface area contributed by atoms with Gasteiger partial charge in [-0.3, -0.25) is 9.59 Å². The number of pyridine rings is 1. The van der Waals surface area contributed by atoms with Gasteiger partial charge in [0.2, 0.25) is 5.91 Å². The van der Waals surface area contributed by atoms with Crippen molar-refractivity contribution in [3.05, 3.63) is 52.7 Å². The van der Waals surface area contributed by atoms with Gasteiger partial charge in [0.05, 0.1) is 37.1 Å². The van der Waals surface area contributed by atoms with E-state index < -0.39 is 0 Å². The highest BCUT2D eigenvalue weighted by atomic mass is 35.5. The van der Waals surface area contributed by atoms with Crippen molar-refractivity contribution in [1.29, 1.82) is 0 Å². The van der Waals surface area contributed by atoms with Crippen LogP contribution in [0.3, 0.4) is 0 Å². The van der Waals surface area contributed by atoms with Gasteiger partial charge in [-0.15, -0.1) is 0 Å². The number of carbonyl (C=O) groups excluding carboxylic acids is 2. The molecule has 3 heterocycles. The maximum absolute atomic E-state index is 12.9. The second-order valence-corrected chi connectivity index (χ2v) is 7.42. The van der Waals surface area contributed by atoms with Crippen molar-refractivity contribution in [2.45, 2.75) is 19.6 Å². The zero-order valence-corrected chi connectivity index (χ0v) is 16.3. The number of morpholine rings is 1. The Balaban J connectivity index is 1.61. The molecule has 0 spiro atoms. The molecule has 8 heteroatoms.